The molecule has 0 aliphatic heterocycles. The first-order valence-electron chi connectivity index (χ1n) is 7.49. The van der Waals surface area contributed by atoms with E-state index < -0.39 is 0 Å². The average molecular weight is 315 g/mol. The topological polar surface area (TPSA) is 63.2 Å². The molecule has 1 aromatic carbocycles. The van der Waals surface area contributed by atoms with Crippen molar-refractivity contribution in [1.29, 1.82) is 0 Å². The summed E-state index contributed by atoms with van der Waals surface area (Å²) in [4.78, 5) is 16.0. The van der Waals surface area contributed by atoms with E-state index in [2.05, 4.69) is 15.6 Å². The summed E-state index contributed by atoms with van der Waals surface area (Å²) in [5.74, 6) is 0.628. The Morgan fingerprint density at radius 2 is 2.17 bits per heavy atom. The number of ether oxygens (including phenoxy) is 1. The lowest BCUT2D eigenvalue weighted by atomic mass is 10.2. The number of nitrogens with zero attached hydrogens (tertiary/aromatic N) is 1. The summed E-state index contributed by atoms with van der Waals surface area (Å²) >= 11 is 0. The van der Waals surface area contributed by atoms with Crippen LogP contribution in [-0.2, 0) is 6.54 Å². The normalized spacial score (nSPS) is 13.5. The molecule has 0 bridgehead atoms. The molecular weight excluding hydrogens is 297 g/mol. The van der Waals surface area contributed by atoms with Crippen LogP contribution in [0.5, 0.6) is 5.75 Å². The lowest BCUT2D eigenvalue weighted by Crippen LogP contribution is -2.25. The molecule has 0 radical (unpaired) electrons. The maximum absolute atomic E-state index is 13.8. The molecule has 120 valence electrons. The largest absolute Gasteiger partial charge is 0.497 e. The quantitative estimate of drug-likeness (QED) is 0.860. The number of methoxy groups -OCH3 is 1. The van der Waals surface area contributed by atoms with E-state index in [1.165, 1.54) is 19.4 Å². The van der Waals surface area contributed by atoms with Crippen molar-refractivity contribution in [2.45, 2.75) is 25.4 Å². The summed E-state index contributed by atoms with van der Waals surface area (Å²) in [7, 11) is 1.50. The van der Waals surface area contributed by atoms with Crippen LogP contribution in [0.25, 0.3) is 0 Å². The van der Waals surface area contributed by atoms with E-state index in [4.69, 9.17) is 4.74 Å². The van der Waals surface area contributed by atoms with E-state index in [-0.39, 0.29) is 11.7 Å². The molecule has 0 saturated heterocycles. The first kappa shape index (κ1) is 15.3. The zero-order chi connectivity index (χ0) is 16.2. The summed E-state index contributed by atoms with van der Waals surface area (Å²) in [6, 6.07) is 8.45. The minimum absolute atomic E-state index is 0.104. The van der Waals surface area contributed by atoms with Gasteiger partial charge in [-0.1, -0.05) is 6.07 Å². The highest BCUT2D eigenvalue weighted by Crippen LogP contribution is 2.20. The van der Waals surface area contributed by atoms with Gasteiger partial charge in [0, 0.05) is 30.4 Å². The van der Waals surface area contributed by atoms with Crippen LogP contribution < -0.4 is 15.4 Å². The van der Waals surface area contributed by atoms with Crippen LogP contribution in [0.2, 0.25) is 0 Å². The van der Waals surface area contributed by atoms with Crippen LogP contribution in [0.15, 0.2) is 36.5 Å². The predicted octanol–water partition coefficient (Wildman–Crippen LogP) is 2.73. The number of rotatable bonds is 6. The van der Waals surface area contributed by atoms with Gasteiger partial charge in [0.1, 0.15) is 17.4 Å². The van der Waals surface area contributed by atoms with E-state index in [1.54, 1.807) is 24.3 Å². The van der Waals surface area contributed by atoms with E-state index in [0.29, 0.717) is 35.3 Å². The molecule has 2 N–H and O–H groups in total. The van der Waals surface area contributed by atoms with Crippen molar-refractivity contribution >= 4 is 11.7 Å². The van der Waals surface area contributed by atoms with Gasteiger partial charge in [0.15, 0.2) is 0 Å². The van der Waals surface area contributed by atoms with Gasteiger partial charge < -0.3 is 15.4 Å². The second-order valence-electron chi connectivity index (χ2n) is 5.49. The van der Waals surface area contributed by atoms with Crippen molar-refractivity contribution < 1.29 is 13.9 Å². The molecule has 1 fully saturated rings. The average Bonchev–Trinajstić information content (AvgIpc) is 3.38. The van der Waals surface area contributed by atoms with Crippen LogP contribution in [0.3, 0.4) is 0 Å². The Balaban J connectivity index is 1.58. The van der Waals surface area contributed by atoms with Crippen LogP contribution >= 0.6 is 0 Å². The van der Waals surface area contributed by atoms with Crippen molar-refractivity contribution in [1.82, 2.24) is 10.3 Å². The van der Waals surface area contributed by atoms with Gasteiger partial charge in [-0.05, 0) is 31.0 Å². The Morgan fingerprint density at radius 3 is 2.78 bits per heavy atom. The first-order chi connectivity index (χ1) is 11.2. The van der Waals surface area contributed by atoms with E-state index in [1.807, 2.05) is 0 Å². The fourth-order valence-corrected chi connectivity index (χ4v) is 2.11. The maximum atomic E-state index is 13.8. The molecule has 0 spiro atoms. The van der Waals surface area contributed by atoms with Gasteiger partial charge in [0.2, 0.25) is 0 Å². The second-order valence-corrected chi connectivity index (χ2v) is 5.49. The Morgan fingerprint density at radius 1 is 1.35 bits per heavy atom. The number of nitrogens with one attached hydrogen (secondary N) is 2. The number of amides is 1. The highest BCUT2D eigenvalue weighted by Gasteiger charge is 2.23. The third-order valence-corrected chi connectivity index (χ3v) is 3.66. The third-order valence-electron chi connectivity index (χ3n) is 3.66. The van der Waals surface area contributed by atoms with Gasteiger partial charge in [0.05, 0.1) is 12.7 Å². The number of halogens is 1. The number of pyridine rings is 1. The van der Waals surface area contributed by atoms with E-state index >= 15 is 0 Å². The molecule has 1 heterocycles. The fourth-order valence-electron chi connectivity index (χ4n) is 2.11. The summed E-state index contributed by atoms with van der Waals surface area (Å²) in [6.45, 7) is 0.302. The van der Waals surface area contributed by atoms with Gasteiger partial charge >= 0.3 is 0 Å². The Hall–Kier alpha value is -2.63. The monoisotopic (exact) mass is 315 g/mol. The van der Waals surface area contributed by atoms with Gasteiger partial charge in [-0.25, -0.2) is 9.37 Å². The molecule has 1 aliphatic rings. The van der Waals surface area contributed by atoms with Gasteiger partial charge in [-0.2, -0.15) is 0 Å². The van der Waals surface area contributed by atoms with Crippen LogP contribution in [-0.4, -0.2) is 24.0 Å². The summed E-state index contributed by atoms with van der Waals surface area (Å²) in [5.41, 5.74) is 1.04. The van der Waals surface area contributed by atoms with Crippen molar-refractivity contribution in [3.63, 3.8) is 0 Å². The van der Waals surface area contributed by atoms with Gasteiger partial charge in [-0.3, -0.25) is 4.79 Å². The zero-order valence-corrected chi connectivity index (χ0v) is 12.8. The number of carbonyl (C=O) groups excluding carboxylic acids is 1. The summed E-state index contributed by atoms with van der Waals surface area (Å²) in [6.07, 6.45) is 3.61. The highest BCUT2D eigenvalue weighted by atomic mass is 19.1. The van der Waals surface area contributed by atoms with Crippen molar-refractivity contribution in [3.05, 3.63) is 53.5 Å². The van der Waals surface area contributed by atoms with Crippen molar-refractivity contribution in [2.75, 3.05) is 12.4 Å². The van der Waals surface area contributed by atoms with E-state index in [9.17, 15) is 9.18 Å². The summed E-state index contributed by atoms with van der Waals surface area (Å²) in [5, 5.41) is 5.94. The Kier molecular flexibility index (Phi) is 4.41. The smallest absolute Gasteiger partial charge is 0.253 e. The molecule has 1 aromatic heterocycles. The van der Waals surface area contributed by atoms with Crippen LogP contribution in [0.4, 0.5) is 10.2 Å². The van der Waals surface area contributed by atoms with Crippen molar-refractivity contribution in [2.24, 2.45) is 0 Å². The number of anilines is 1. The third kappa shape index (κ3) is 3.97. The van der Waals surface area contributed by atoms with Crippen LogP contribution in [0, 0.1) is 5.82 Å². The first-order valence-corrected chi connectivity index (χ1v) is 7.49. The molecule has 0 unspecified atom stereocenters. The minimum atomic E-state index is -0.336. The standard InChI is InChI=1S/C17H18FN3O2/c1-23-14-6-2-11(15(18)8-14)9-19-16-7-3-12(10-20-16)17(22)21-13-4-5-13/h2-3,6-8,10,13H,4-5,9H2,1H3,(H,19,20)(H,21,22). The highest BCUT2D eigenvalue weighted by molar-refractivity contribution is 5.94. The number of carbonyl (C=O) groups is 1. The van der Waals surface area contributed by atoms with E-state index in [0.717, 1.165) is 12.8 Å². The Bertz CT molecular complexity index is 699. The van der Waals surface area contributed by atoms with Crippen LogP contribution in [0.1, 0.15) is 28.8 Å². The molecule has 6 heteroatoms. The molecule has 0 atom stereocenters. The number of benzene rings is 1. The lowest BCUT2D eigenvalue weighted by molar-refractivity contribution is 0.0950. The maximum Gasteiger partial charge on any atom is 0.253 e. The second kappa shape index (κ2) is 6.64. The molecule has 2 aromatic rings. The molecule has 23 heavy (non-hydrogen) atoms. The SMILES string of the molecule is COc1ccc(CNc2ccc(C(=O)NC3CC3)cn2)c(F)c1. The molecule has 5 nitrogen and oxygen atoms in total. The Labute approximate surface area is 133 Å². The zero-order valence-electron chi connectivity index (χ0n) is 12.8. The minimum Gasteiger partial charge on any atom is -0.497 e. The molecule has 1 amide bonds. The van der Waals surface area contributed by atoms with Gasteiger partial charge in [-0.15, -0.1) is 0 Å². The molecule has 1 aliphatic carbocycles. The summed E-state index contributed by atoms with van der Waals surface area (Å²) < 4.78 is 18.8. The molecular formula is C17H18FN3O2. The number of hydrogen-bond donors (Lipinski definition) is 2. The molecule has 1 saturated carbocycles. The number of aromatic nitrogens is 1. The van der Waals surface area contributed by atoms with Gasteiger partial charge in [0.25, 0.3) is 5.91 Å². The lowest BCUT2D eigenvalue weighted by Gasteiger charge is -2.09. The fraction of sp³-hybridized carbons (Fsp3) is 0.294. The number of hydrogen-bond acceptors (Lipinski definition) is 4. The van der Waals surface area contributed by atoms with Crippen molar-refractivity contribution in [3.8, 4) is 5.75 Å². The predicted molar refractivity (Wildman–Crippen MR) is 85.0 cm³/mol. The molecule has 3 rings (SSSR count).